The number of aromatic nitrogens is 2. The third-order valence-corrected chi connectivity index (χ3v) is 5.15. The molecule has 0 fully saturated rings. The number of rotatable bonds is 5. The number of nitro groups is 1. The molecule has 148 valence electrons. The Hall–Kier alpha value is -3.15. The molecule has 28 heavy (non-hydrogen) atoms. The molecule has 0 unspecified atom stereocenters. The van der Waals surface area contributed by atoms with Crippen LogP contribution in [0.2, 0.25) is 0 Å². The second-order valence-corrected chi connectivity index (χ2v) is 8.04. The Morgan fingerprint density at radius 2 is 1.96 bits per heavy atom. The number of halogens is 3. The number of nitro benzene ring substituents is 1. The predicted molar refractivity (Wildman–Crippen MR) is 94.6 cm³/mol. The highest BCUT2D eigenvalue weighted by molar-refractivity contribution is 7.90. The number of sulfone groups is 1. The van der Waals surface area contributed by atoms with Gasteiger partial charge in [0, 0.05) is 35.5 Å². The molecule has 8 nitrogen and oxygen atoms in total. The van der Waals surface area contributed by atoms with E-state index in [4.69, 9.17) is 0 Å². The smallest absolute Gasteiger partial charge is 0.380 e. The lowest BCUT2D eigenvalue weighted by molar-refractivity contribution is -0.385. The summed E-state index contributed by atoms with van der Waals surface area (Å²) in [6, 6.07) is 5.18. The van der Waals surface area contributed by atoms with Crippen LogP contribution < -0.4 is 5.32 Å². The van der Waals surface area contributed by atoms with Crippen LogP contribution in [0.25, 0.3) is 10.9 Å². The van der Waals surface area contributed by atoms with E-state index in [9.17, 15) is 31.7 Å². The van der Waals surface area contributed by atoms with Crippen molar-refractivity contribution in [2.45, 2.75) is 17.6 Å². The van der Waals surface area contributed by atoms with E-state index < -0.39 is 32.2 Å². The van der Waals surface area contributed by atoms with Crippen molar-refractivity contribution in [2.24, 2.45) is 0 Å². The first-order chi connectivity index (χ1) is 13.0. The summed E-state index contributed by atoms with van der Waals surface area (Å²) in [6.07, 6.45) is -2.33. The first-order valence-corrected chi connectivity index (χ1v) is 9.61. The molecular formula is C16H13F3N4O4S. The molecule has 1 heterocycles. The van der Waals surface area contributed by atoms with Crippen LogP contribution in [0.15, 0.2) is 41.4 Å². The van der Waals surface area contributed by atoms with Gasteiger partial charge >= 0.3 is 6.18 Å². The molecule has 2 N–H and O–H groups in total. The highest BCUT2D eigenvalue weighted by Gasteiger charge is 2.31. The molecule has 1 aromatic heterocycles. The van der Waals surface area contributed by atoms with Gasteiger partial charge < -0.3 is 5.32 Å². The number of alkyl halides is 3. The molecule has 0 atom stereocenters. The van der Waals surface area contributed by atoms with Crippen molar-refractivity contribution < 1.29 is 26.5 Å². The summed E-state index contributed by atoms with van der Waals surface area (Å²) in [5.41, 5.74) is -1.01. The first kappa shape index (κ1) is 19.6. The second kappa shape index (κ2) is 6.78. The molecular weight excluding hydrogens is 401 g/mol. The number of nitrogens with zero attached hydrogens (tertiary/aromatic N) is 2. The Labute approximate surface area is 156 Å². The fourth-order valence-electron chi connectivity index (χ4n) is 2.65. The molecule has 0 spiro atoms. The summed E-state index contributed by atoms with van der Waals surface area (Å²) in [5.74, 6) is 0. The van der Waals surface area contributed by atoms with E-state index in [1.807, 2.05) is 0 Å². The maximum atomic E-state index is 13.1. The van der Waals surface area contributed by atoms with Crippen LogP contribution in [0.1, 0.15) is 11.1 Å². The Morgan fingerprint density at radius 1 is 1.25 bits per heavy atom. The van der Waals surface area contributed by atoms with Gasteiger partial charge in [-0.25, -0.2) is 8.42 Å². The number of anilines is 1. The molecule has 0 bridgehead atoms. The van der Waals surface area contributed by atoms with Crippen molar-refractivity contribution in [1.29, 1.82) is 0 Å². The van der Waals surface area contributed by atoms with E-state index in [1.165, 1.54) is 18.3 Å². The van der Waals surface area contributed by atoms with Crippen LogP contribution in [-0.2, 0) is 22.6 Å². The third kappa shape index (κ3) is 3.91. The van der Waals surface area contributed by atoms with Gasteiger partial charge in [-0.3, -0.25) is 15.2 Å². The number of nitrogens with one attached hydrogen (secondary N) is 2. The first-order valence-electron chi connectivity index (χ1n) is 7.72. The van der Waals surface area contributed by atoms with Gasteiger partial charge in [0.15, 0.2) is 9.84 Å². The van der Waals surface area contributed by atoms with Gasteiger partial charge in [0.05, 0.1) is 27.1 Å². The molecule has 0 aliphatic heterocycles. The maximum absolute atomic E-state index is 13.1. The van der Waals surface area contributed by atoms with Gasteiger partial charge in [0.1, 0.15) is 0 Å². The highest BCUT2D eigenvalue weighted by atomic mass is 32.2. The summed E-state index contributed by atoms with van der Waals surface area (Å²) >= 11 is 0. The fourth-order valence-corrected chi connectivity index (χ4v) is 3.29. The van der Waals surface area contributed by atoms with Crippen LogP contribution in [0.5, 0.6) is 0 Å². The van der Waals surface area contributed by atoms with E-state index in [1.54, 1.807) is 0 Å². The number of aromatic amines is 1. The van der Waals surface area contributed by atoms with Crippen LogP contribution in [0.3, 0.4) is 0 Å². The molecule has 3 aromatic rings. The highest BCUT2D eigenvalue weighted by Crippen LogP contribution is 2.35. The molecule has 0 radical (unpaired) electrons. The lowest BCUT2D eigenvalue weighted by atomic mass is 10.1. The lowest BCUT2D eigenvalue weighted by Crippen LogP contribution is -2.08. The van der Waals surface area contributed by atoms with E-state index in [0.29, 0.717) is 5.39 Å². The van der Waals surface area contributed by atoms with Crippen molar-refractivity contribution in [3.05, 3.63) is 57.8 Å². The van der Waals surface area contributed by atoms with Crippen LogP contribution in [0.4, 0.5) is 24.5 Å². The molecule has 0 saturated heterocycles. The largest absolute Gasteiger partial charge is 0.416 e. The van der Waals surface area contributed by atoms with Gasteiger partial charge in [0.2, 0.25) is 0 Å². The van der Waals surface area contributed by atoms with Crippen LogP contribution >= 0.6 is 0 Å². The summed E-state index contributed by atoms with van der Waals surface area (Å²) in [4.78, 5) is 10.3. The topological polar surface area (TPSA) is 118 Å². The zero-order chi connectivity index (χ0) is 20.7. The SMILES string of the molecule is CS(=O)(=O)c1ccc(CNc2cc(C(F)(F)F)cc3[nH]ncc23)c([N+](=O)[O-])c1. The Kier molecular flexibility index (Phi) is 4.75. The van der Waals surface area contributed by atoms with Crippen molar-refractivity contribution in [3.8, 4) is 0 Å². The molecule has 0 amide bonds. The number of hydrogen-bond acceptors (Lipinski definition) is 6. The van der Waals surface area contributed by atoms with Gasteiger partial charge in [-0.2, -0.15) is 18.3 Å². The number of benzene rings is 2. The minimum absolute atomic E-state index is 0.0834. The van der Waals surface area contributed by atoms with Crippen molar-refractivity contribution >= 4 is 32.1 Å². The molecule has 2 aromatic carbocycles. The van der Waals surface area contributed by atoms with Gasteiger partial charge in [-0.05, 0) is 24.3 Å². The van der Waals surface area contributed by atoms with Crippen molar-refractivity contribution in [1.82, 2.24) is 10.2 Å². The normalized spacial score (nSPS) is 12.3. The number of H-pyrrole nitrogens is 1. The Bertz CT molecular complexity index is 1170. The molecule has 0 aliphatic rings. The maximum Gasteiger partial charge on any atom is 0.416 e. The summed E-state index contributed by atoms with van der Waals surface area (Å²) in [6.45, 7) is -0.193. The zero-order valence-electron chi connectivity index (χ0n) is 14.2. The minimum atomic E-state index is -4.58. The zero-order valence-corrected chi connectivity index (χ0v) is 15.1. The predicted octanol–water partition coefficient (Wildman–Crippen LogP) is 3.51. The summed E-state index contributed by atoms with van der Waals surface area (Å²) < 4.78 is 62.4. The molecule has 0 saturated carbocycles. The number of hydrogen-bond donors (Lipinski definition) is 2. The Balaban J connectivity index is 1.98. The molecule has 12 heteroatoms. The van der Waals surface area contributed by atoms with E-state index >= 15 is 0 Å². The van der Waals surface area contributed by atoms with E-state index in [-0.39, 0.29) is 28.2 Å². The van der Waals surface area contributed by atoms with Gasteiger partial charge in [-0.1, -0.05) is 0 Å². The summed E-state index contributed by atoms with van der Waals surface area (Å²) in [7, 11) is -3.65. The van der Waals surface area contributed by atoms with E-state index in [0.717, 1.165) is 24.5 Å². The monoisotopic (exact) mass is 414 g/mol. The average Bonchev–Trinajstić information content (AvgIpc) is 3.06. The van der Waals surface area contributed by atoms with Gasteiger partial charge in [0.25, 0.3) is 5.69 Å². The van der Waals surface area contributed by atoms with Crippen molar-refractivity contribution in [3.63, 3.8) is 0 Å². The standard InChI is InChI=1S/C16H13F3N4O4S/c1-28(26,27)11-3-2-9(15(6-11)23(24)25)7-20-13-4-10(16(17,18)19)5-14-12(13)8-21-22-14/h2-6,8,20H,7H2,1H3,(H,21,22). The van der Waals surface area contributed by atoms with Crippen LogP contribution in [0, 0.1) is 10.1 Å². The minimum Gasteiger partial charge on any atom is -0.380 e. The average molecular weight is 414 g/mol. The van der Waals surface area contributed by atoms with Crippen LogP contribution in [-0.4, -0.2) is 29.8 Å². The molecule has 0 aliphatic carbocycles. The summed E-state index contributed by atoms with van der Waals surface area (Å²) in [5, 5.41) is 20.6. The van der Waals surface area contributed by atoms with E-state index in [2.05, 4.69) is 15.5 Å². The Morgan fingerprint density at radius 3 is 2.57 bits per heavy atom. The fraction of sp³-hybridized carbons (Fsp3) is 0.188. The molecule has 3 rings (SSSR count). The van der Waals surface area contributed by atoms with Crippen molar-refractivity contribution in [2.75, 3.05) is 11.6 Å². The third-order valence-electron chi connectivity index (χ3n) is 4.04. The van der Waals surface area contributed by atoms with Gasteiger partial charge in [-0.15, -0.1) is 0 Å². The second-order valence-electron chi connectivity index (χ2n) is 6.03. The lowest BCUT2D eigenvalue weighted by Gasteiger charge is -2.12. The number of fused-ring (bicyclic) bond motifs is 1. The quantitative estimate of drug-likeness (QED) is 0.487.